The molecule has 1 aromatic heterocycles. The average molecular weight is 266 g/mol. The fourth-order valence-electron chi connectivity index (χ4n) is 1.84. The van der Waals surface area contributed by atoms with Crippen LogP contribution in [-0.2, 0) is 20.8 Å². The molecular formula is C12H14N2O3S. The highest BCUT2D eigenvalue weighted by atomic mass is 32.1. The van der Waals surface area contributed by atoms with Gasteiger partial charge < -0.3 is 4.90 Å². The van der Waals surface area contributed by atoms with Crippen LogP contribution in [0.25, 0.3) is 0 Å². The minimum absolute atomic E-state index is 0.0103. The molecule has 1 aliphatic rings. The molecule has 0 aromatic carbocycles. The smallest absolute Gasteiger partial charge is 0.246 e. The van der Waals surface area contributed by atoms with Crippen molar-refractivity contribution in [2.75, 3.05) is 13.1 Å². The number of amides is 3. The molecule has 6 heteroatoms. The molecule has 1 N–H and O–H groups in total. The zero-order valence-electron chi connectivity index (χ0n) is 9.85. The maximum absolute atomic E-state index is 11.8. The molecule has 0 radical (unpaired) electrons. The molecule has 0 atom stereocenters. The largest absolute Gasteiger partial charge is 0.324 e. The van der Waals surface area contributed by atoms with Gasteiger partial charge in [-0.3, -0.25) is 19.7 Å². The van der Waals surface area contributed by atoms with Gasteiger partial charge >= 0.3 is 0 Å². The van der Waals surface area contributed by atoms with Crippen LogP contribution in [0.1, 0.15) is 17.7 Å². The van der Waals surface area contributed by atoms with Crippen LogP contribution in [0.15, 0.2) is 17.5 Å². The molecule has 0 unspecified atom stereocenters. The van der Waals surface area contributed by atoms with Crippen molar-refractivity contribution in [3.8, 4) is 0 Å². The molecule has 0 saturated carbocycles. The fraction of sp³-hybridized carbons (Fsp3) is 0.417. The minimum atomic E-state index is -0.405. The normalized spacial score (nSPS) is 15.7. The Labute approximate surface area is 109 Å². The number of nitrogens with zero attached hydrogens (tertiary/aromatic N) is 1. The highest BCUT2D eigenvalue weighted by molar-refractivity contribution is 7.09. The van der Waals surface area contributed by atoms with Gasteiger partial charge in [0.15, 0.2) is 0 Å². The van der Waals surface area contributed by atoms with Crippen LogP contribution in [-0.4, -0.2) is 35.7 Å². The van der Waals surface area contributed by atoms with Crippen molar-refractivity contribution >= 4 is 29.1 Å². The number of aryl methyl sites for hydroxylation is 1. The number of nitrogens with one attached hydrogen (secondary N) is 1. The molecule has 18 heavy (non-hydrogen) atoms. The Morgan fingerprint density at radius 1 is 1.33 bits per heavy atom. The van der Waals surface area contributed by atoms with Gasteiger partial charge in [-0.25, -0.2) is 0 Å². The van der Waals surface area contributed by atoms with Gasteiger partial charge in [0.2, 0.25) is 17.7 Å². The van der Waals surface area contributed by atoms with E-state index in [9.17, 15) is 14.4 Å². The molecule has 0 bridgehead atoms. The summed E-state index contributed by atoms with van der Waals surface area (Å²) in [4.78, 5) is 36.6. The first-order chi connectivity index (χ1) is 8.65. The van der Waals surface area contributed by atoms with Crippen LogP contribution in [0.3, 0.4) is 0 Å². The van der Waals surface area contributed by atoms with Gasteiger partial charge in [-0.1, -0.05) is 6.07 Å². The van der Waals surface area contributed by atoms with E-state index >= 15 is 0 Å². The summed E-state index contributed by atoms with van der Waals surface area (Å²) in [5.74, 6) is -0.939. The zero-order chi connectivity index (χ0) is 13.0. The zero-order valence-corrected chi connectivity index (χ0v) is 10.7. The monoisotopic (exact) mass is 266 g/mol. The first-order valence-electron chi connectivity index (χ1n) is 5.78. The van der Waals surface area contributed by atoms with E-state index in [1.54, 1.807) is 11.3 Å². The summed E-state index contributed by atoms with van der Waals surface area (Å²) >= 11 is 1.67. The summed E-state index contributed by atoms with van der Waals surface area (Å²) in [6.07, 6.45) is 1.97. The number of imide groups is 1. The Morgan fingerprint density at radius 3 is 2.67 bits per heavy atom. The van der Waals surface area contributed by atoms with Crippen molar-refractivity contribution < 1.29 is 14.4 Å². The SMILES string of the molecule is O=C1CN(C(=O)CCCc2cccs2)CC(=O)N1. The van der Waals surface area contributed by atoms with Crippen molar-refractivity contribution in [3.05, 3.63) is 22.4 Å². The van der Waals surface area contributed by atoms with E-state index in [-0.39, 0.29) is 19.0 Å². The van der Waals surface area contributed by atoms with Gasteiger partial charge in [-0.15, -0.1) is 11.3 Å². The van der Waals surface area contributed by atoms with Crippen LogP contribution in [0.2, 0.25) is 0 Å². The Bertz CT molecular complexity index is 440. The van der Waals surface area contributed by atoms with Crippen molar-refractivity contribution in [1.29, 1.82) is 0 Å². The lowest BCUT2D eigenvalue weighted by Gasteiger charge is -2.25. The van der Waals surface area contributed by atoms with Gasteiger partial charge in [0.25, 0.3) is 0 Å². The second-order valence-corrected chi connectivity index (χ2v) is 5.19. The van der Waals surface area contributed by atoms with E-state index in [0.29, 0.717) is 6.42 Å². The highest BCUT2D eigenvalue weighted by Gasteiger charge is 2.25. The average Bonchev–Trinajstić information content (AvgIpc) is 2.80. The molecule has 3 amide bonds. The number of hydrogen-bond donors (Lipinski definition) is 1. The summed E-state index contributed by atoms with van der Waals surface area (Å²) in [5, 5.41) is 4.18. The van der Waals surface area contributed by atoms with E-state index < -0.39 is 11.8 Å². The summed E-state index contributed by atoms with van der Waals surface area (Å²) in [6.45, 7) is -0.0207. The number of rotatable bonds is 4. The van der Waals surface area contributed by atoms with Crippen LogP contribution in [0.4, 0.5) is 0 Å². The topological polar surface area (TPSA) is 66.5 Å². The third kappa shape index (κ3) is 3.40. The van der Waals surface area contributed by atoms with E-state index in [1.165, 1.54) is 9.78 Å². The van der Waals surface area contributed by atoms with Crippen LogP contribution in [0, 0.1) is 0 Å². The number of thiophene rings is 1. The standard InChI is InChI=1S/C12H14N2O3S/c15-10-7-14(8-11(16)13-10)12(17)5-1-3-9-4-2-6-18-9/h2,4,6H,1,3,5,7-8H2,(H,13,15,16). The fourth-order valence-corrected chi connectivity index (χ4v) is 2.59. The predicted molar refractivity (Wildman–Crippen MR) is 67.0 cm³/mol. The minimum Gasteiger partial charge on any atom is -0.324 e. The Kier molecular flexibility index (Phi) is 4.09. The first-order valence-corrected chi connectivity index (χ1v) is 6.66. The molecular weight excluding hydrogens is 252 g/mol. The van der Waals surface area contributed by atoms with Crippen LogP contribution in [0.5, 0.6) is 0 Å². The number of piperazine rings is 1. The molecule has 1 saturated heterocycles. The second-order valence-electron chi connectivity index (χ2n) is 4.15. The van der Waals surface area contributed by atoms with E-state index in [1.807, 2.05) is 17.5 Å². The Morgan fingerprint density at radius 2 is 2.06 bits per heavy atom. The van der Waals surface area contributed by atoms with Crippen molar-refractivity contribution in [3.63, 3.8) is 0 Å². The number of carbonyl (C=O) groups excluding carboxylic acids is 3. The van der Waals surface area contributed by atoms with Crippen LogP contribution < -0.4 is 5.32 Å². The van der Waals surface area contributed by atoms with Crippen LogP contribution >= 0.6 is 11.3 Å². The van der Waals surface area contributed by atoms with Gasteiger partial charge in [0.1, 0.15) is 13.1 Å². The highest BCUT2D eigenvalue weighted by Crippen LogP contribution is 2.12. The molecule has 0 spiro atoms. The summed E-state index contributed by atoms with van der Waals surface area (Å²) in [6, 6.07) is 4.02. The van der Waals surface area contributed by atoms with Gasteiger partial charge in [0, 0.05) is 11.3 Å². The second kappa shape index (κ2) is 5.77. The predicted octanol–water partition coefficient (Wildman–Crippen LogP) is 0.556. The summed E-state index contributed by atoms with van der Waals surface area (Å²) < 4.78 is 0. The number of hydrogen-bond acceptors (Lipinski definition) is 4. The molecule has 5 nitrogen and oxygen atoms in total. The maximum Gasteiger partial charge on any atom is 0.246 e. The molecule has 2 heterocycles. The molecule has 96 valence electrons. The third-order valence-corrected chi connectivity index (χ3v) is 3.63. The van der Waals surface area contributed by atoms with Crippen molar-refractivity contribution in [2.45, 2.75) is 19.3 Å². The quantitative estimate of drug-likeness (QED) is 0.810. The third-order valence-electron chi connectivity index (χ3n) is 2.69. The van der Waals surface area contributed by atoms with E-state index in [4.69, 9.17) is 0 Å². The van der Waals surface area contributed by atoms with E-state index in [0.717, 1.165) is 12.8 Å². The molecule has 0 aliphatic carbocycles. The molecule has 1 aliphatic heterocycles. The molecule has 1 fully saturated rings. The summed E-state index contributed by atoms with van der Waals surface area (Å²) in [7, 11) is 0. The summed E-state index contributed by atoms with van der Waals surface area (Å²) in [5.41, 5.74) is 0. The lowest BCUT2D eigenvalue weighted by atomic mass is 10.2. The lowest BCUT2D eigenvalue weighted by molar-refractivity contribution is -0.145. The Balaban J connectivity index is 1.77. The van der Waals surface area contributed by atoms with Gasteiger partial charge in [-0.05, 0) is 24.3 Å². The van der Waals surface area contributed by atoms with Gasteiger partial charge in [0.05, 0.1) is 0 Å². The maximum atomic E-state index is 11.8. The first kappa shape index (κ1) is 12.8. The molecule has 1 aromatic rings. The number of carbonyl (C=O) groups is 3. The van der Waals surface area contributed by atoms with Gasteiger partial charge in [-0.2, -0.15) is 0 Å². The Hall–Kier alpha value is -1.69. The molecule has 2 rings (SSSR count). The van der Waals surface area contributed by atoms with Crippen molar-refractivity contribution in [2.24, 2.45) is 0 Å². The lowest BCUT2D eigenvalue weighted by Crippen LogP contribution is -2.53. The van der Waals surface area contributed by atoms with E-state index in [2.05, 4.69) is 5.32 Å². The van der Waals surface area contributed by atoms with Crippen molar-refractivity contribution in [1.82, 2.24) is 10.2 Å².